The van der Waals surface area contributed by atoms with Crippen molar-refractivity contribution < 1.29 is 9.59 Å². The van der Waals surface area contributed by atoms with Crippen molar-refractivity contribution in [1.29, 1.82) is 0 Å². The summed E-state index contributed by atoms with van der Waals surface area (Å²) in [6.45, 7) is 0. The number of hydrogen-bond donors (Lipinski definition) is 1. The van der Waals surface area contributed by atoms with Crippen LogP contribution >= 0.6 is 80.6 Å². The Balaban J connectivity index is 1.51. The third-order valence-corrected chi connectivity index (χ3v) is 7.75. The molecule has 1 amide bonds. The van der Waals surface area contributed by atoms with E-state index in [4.69, 9.17) is 58.0 Å². The van der Waals surface area contributed by atoms with Gasteiger partial charge < -0.3 is 5.32 Å². The topological polar surface area (TPSA) is 46.2 Å². The van der Waals surface area contributed by atoms with Gasteiger partial charge in [0, 0.05) is 37.2 Å². The summed E-state index contributed by atoms with van der Waals surface area (Å²) in [4.78, 5) is 25.8. The van der Waals surface area contributed by atoms with Gasteiger partial charge in [-0.3, -0.25) is 9.59 Å². The van der Waals surface area contributed by atoms with E-state index in [9.17, 15) is 9.59 Å². The van der Waals surface area contributed by atoms with Crippen LogP contribution in [0.5, 0.6) is 0 Å². The molecule has 3 aromatic rings. The summed E-state index contributed by atoms with van der Waals surface area (Å²) in [6.07, 6.45) is 0.195. The Morgan fingerprint density at radius 2 is 1.64 bits per heavy atom. The molecule has 1 N–H and O–H groups in total. The largest absolute Gasteiger partial charge is 0.326 e. The molecule has 1 aliphatic carbocycles. The molecule has 3 nitrogen and oxygen atoms in total. The first kappa shape index (κ1) is 25.1. The molecule has 2 unspecified atom stereocenters. The first-order valence-corrected chi connectivity index (χ1v) is 12.7. The van der Waals surface area contributed by atoms with Gasteiger partial charge in [0.15, 0.2) is 5.78 Å². The molecule has 33 heavy (non-hydrogen) atoms. The summed E-state index contributed by atoms with van der Waals surface area (Å²) in [6, 6.07) is 17.4. The van der Waals surface area contributed by atoms with Crippen LogP contribution in [0.25, 0.3) is 0 Å². The second-order valence-electron chi connectivity index (χ2n) is 7.75. The van der Waals surface area contributed by atoms with Crippen LogP contribution in [0, 0.1) is 9.49 Å². The number of nitrogens with one attached hydrogen (secondary N) is 1. The number of rotatable bonds is 6. The number of carbonyl (C=O) groups excluding carboxylic acids is 2. The standard InChI is InChI=1S/C24H15Cl5INO2/c25-14-8-13(9-15(26)10-14)21-22(24(21,28)29)23(33)31-17-4-5-19(27)18(11-17)20(32)7-12-2-1-3-16(30)6-12/h1-6,8-11,21-22H,7H2,(H,31,33). The molecule has 0 radical (unpaired) electrons. The maximum Gasteiger partial charge on any atom is 0.231 e. The normalized spacial score (nSPS) is 18.6. The molecule has 0 aromatic heterocycles. The zero-order valence-electron chi connectivity index (χ0n) is 16.7. The van der Waals surface area contributed by atoms with Gasteiger partial charge in [-0.2, -0.15) is 0 Å². The molecule has 0 spiro atoms. The van der Waals surface area contributed by atoms with E-state index in [1.807, 2.05) is 24.3 Å². The molecule has 0 bridgehead atoms. The minimum Gasteiger partial charge on any atom is -0.326 e. The summed E-state index contributed by atoms with van der Waals surface area (Å²) in [5.74, 6) is -1.71. The highest BCUT2D eigenvalue weighted by Crippen LogP contribution is 2.65. The van der Waals surface area contributed by atoms with E-state index < -0.39 is 16.2 Å². The fourth-order valence-corrected chi connectivity index (χ4v) is 5.99. The molecular formula is C24H15Cl5INO2. The van der Waals surface area contributed by atoms with Gasteiger partial charge >= 0.3 is 0 Å². The number of Topliss-reactive ketones (excluding diaryl/α,β-unsaturated/α-hetero) is 1. The van der Waals surface area contributed by atoms with E-state index >= 15 is 0 Å². The molecule has 1 aliphatic rings. The molecule has 9 heteroatoms. The lowest BCUT2D eigenvalue weighted by molar-refractivity contribution is -0.117. The van der Waals surface area contributed by atoms with Crippen LogP contribution in [0.1, 0.15) is 27.4 Å². The van der Waals surface area contributed by atoms with Crippen molar-refractivity contribution in [3.8, 4) is 0 Å². The summed E-state index contributed by atoms with van der Waals surface area (Å²) in [7, 11) is 0. The van der Waals surface area contributed by atoms with E-state index in [1.165, 1.54) is 0 Å². The average Bonchev–Trinajstić information content (AvgIpc) is 3.31. The van der Waals surface area contributed by atoms with E-state index in [-0.39, 0.29) is 18.1 Å². The molecule has 1 fully saturated rings. The van der Waals surface area contributed by atoms with Gasteiger partial charge in [0.1, 0.15) is 4.33 Å². The van der Waals surface area contributed by atoms with E-state index in [2.05, 4.69) is 27.9 Å². The van der Waals surface area contributed by atoms with Gasteiger partial charge in [0.2, 0.25) is 5.91 Å². The third-order valence-electron chi connectivity index (χ3n) is 5.37. The Morgan fingerprint density at radius 1 is 0.939 bits per heavy atom. The Hall–Kier alpha value is -1.02. The molecular weight excluding hydrogens is 638 g/mol. The molecule has 0 heterocycles. The minimum absolute atomic E-state index is 0.153. The average molecular weight is 654 g/mol. The number of ketones is 1. The zero-order valence-corrected chi connectivity index (χ0v) is 22.7. The fraction of sp³-hybridized carbons (Fsp3) is 0.167. The summed E-state index contributed by atoms with van der Waals surface area (Å²) >= 11 is 33.5. The summed E-state index contributed by atoms with van der Waals surface area (Å²) < 4.78 is -0.260. The molecule has 170 valence electrons. The number of carbonyl (C=O) groups is 2. The second-order valence-corrected chi connectivity index (χ2v) is 11.7. The Labute approximate surface area is 229 Å². The zero-order chi connectivity index (χ0) is 23.9. The van der Waals surface area contributed by atoms with Crippen molar-refractivity contribution in [2.45, 2.75) is 16.7 Å². The monoisotopic (exact) mass is 651 g/mol. The minimum atomic E-state index is -1.30. The highest BCUT2D eigenvalue weighted by Gasteiger charge is 2.67. The lowest BCUT2D eigenvalue weighted by Gasteiger charge is -2.09. The molecule has 4 rings (SSSR count). The van der Waals surface area contributed by atoms with Gasteiger partial charge in [-0.1, -0.05) is 46.9 Å². The summed E-state index contributed by atoms with van der Waals surface area (Å²) in [5, 5.41) is 3.97. The smallest absolute Gasteiger partial charge is 0.231 e. The van der Waals surface area contributed by atoms with Crippen LogP contribution in [0.3, 0.4) is 0 Å². The molecule has 1 saturated carbocycles. The van der Waals surface area contributed by atoms with Crippen molar-refractivity contribution in [2.75, 3.05) is 5.32 Å². The lowest BCUT2D eigenvalue weighted by atomic mass is 10.0. The van der Waals surface area contributed by atoms with E-state index in [1.54, 1.807) is 36.4 Å². The van der Waals surface area contributed by atoms with Gasteiger partial charge in [0.25, 0.3) is 0 Å². The number of hydrogen-bond acceptors (Lipinski definition) is 2. The first-order chi connectivity index (χ1) is 15.6. The number of alkyl halides is 2. The van der Waals surface area contributed by atoms with Crippen molar-refractivity contribution in [3.05, 3.63) is 96.0 Å². The van der Waals surface area contributed by atoms with Crippen molar-refractivity contribution in [1.82, 2.24) is 0 Å². The van der Waals surface area contributed by atoms with Crippen LogP contribution in [-0.4, -0.2) is 16.0 Å². The maximum absolute atomic E-state index is 13.0. The number of benzene rings is 3. The number of amides is 1. The lowest BCUT2D eigenvalue weighted by Crippen LogP contribution is -2.17. The fourth-order valence-electron chi connectivity index (χ4n) is 3.79. The molecule has 0 aliphatic heterocycles. The van der Waals surface area contributed by atoms with Crippen LogP contribution < -0.4 is 5.32 Å². The van der Waals surface area contributed by atoms with Gasteiger partial charge in [-0.05, 0) is 82.2 Å². The molecule has 0 saturated heterocycles. The van der Waals surface area contributed by atoms with E-state index in [0.29, 0.717) is 31.9 Å². The first-order valence-electron chi connectivity index (χ1n) is 9.78. The second kappa shape index (κ2) is 9.92. The number of halogens is 6. The van der Waals surface area contributed by atoms with E-state index in [0.717, 1.165) is 9.13 Å². The Bertz CT molecular complexity index is 1240. The number of anilines is 1. The van der Waals surface area contributed by atoms with Crippen molar-refractivity contribution >= 4 is 98.0 Å². The molecule has 2 atom stereocenters. The van der Waals surface area contributed by atoms with Gasteiger partial charge in [-0.15, -0.1) is 23.2 Å². The third kappa shape index (κ3) is 5.63. The van der Waals surface area contributed by atoms with Crippen LogP contribution in [0.4, 0.5) is 5.69 Å². The van der Waals surface area contributed by atoms with Crippen LogP contribution in [0.2, 0.25) is 15.1 Å². The summed E-state index contributed by atoms with van der Waals surface area (Å²) in [5.41, 5.74) is 2.31. The Kier molecular flexibility index (Phi) is 7.54. The van der Waals surface area contributed by atoms with Crippen molar-refractivity contribution in [2.24, 2.45) is 5.92 Å². The SMILES string of the molecule is O=C(Cc1cccc(I)c1)c1cc(NC(=O)C2C(c3cc(Cl)cc(Cl)c3)C2(Cl)Cl)ccc1Cl. The van der Waals surface area contributed by atoms with Crippen LogP contribution in [-0.2, 0) is 11.2 Å². The predicted molar refractivity (Wildman–Crippen MR) is 144 cm³/mol. The molecule has 3 aromatic carbocycles. The Morgan fingerprint density at radius 3 is 2.30 bits per heavy atom. The predicted octanol–water partition coefficient (Wildman–Crippen LogP) is 8.20. The quantitative estimate of drug-likeness (QED) is 0.166. The van der Waals surface area contributed by atoms with Gasteiger partial charge in [0.05, 0.1) is 10.9 Å². The van der Waals surface area contributed by atoms with Crippen LogP contribution in [0.15, 0.2) is 60.7 Å². The highest BCUT2D eigenvalue weighted by atomic mass is 127. The van der Waals surface area contributed by atoms with Gasteiger partial charge in [-0.25, -0.2) is 0 Å². The highest BCUT2D eigenvalue weighted by molar-refractivity contribution is 14.1. The maximum atomic E-state index is 13.0. The van der Waals surface area contributed by atoms with Crippen molar-refractivity contribution in [3.63, 3.8) is 0 Å².